The fourth-order valence-corrected chi connectivity index (χ4v) is 5.18. The predicted octanol–water partition coefficient (Wildman–Crippen LogP) is 8.01. The van der Waals surface area contributed by atoms with Crippen molar-refractivity contribution in [1.82, 2.24) is 0 Å². The number of ether oxygens (including phenoxy) is 2. The molecule has 1 aliphatic heterocycles. The van der Waals surface area contributed by atoms with Gasteiger partial charge < -0.3 is 9.47 Å². The average Bonchev–Trinajstić information content (AvgIpc) is 3.06. The minimum atomic E-state index is -1.11. The first-order valence-corrected chi connectivity index (χ1v) is 12.4. The second-order valence-electron chi connectivity index (χ2n) is 8.89. The summed E-state index contributed by atoms with van der Waals surface area (Å²) in [5, 5.41) is 0. The summed E-state index contributed by atoms with van der Waals surface area (Å²) in [5.41, 5.74) is 1.51. The first-order valence-electron chi connectivity index (χ1n) is 12.4. The normalized spacial score (nSPS) is 30.5. The van der Waals surface area contributed by atoms with Crippen molar-refractivity contribution in [1.29, 1.82) is 0 Å². The molecule has 0 N–H and O–H groups in total. The second kappa shape index (κ2) is 11.9. The van der Waals surface area contributed by atoms with Gasteiger partial charge in [-0.05, 0) is 55.4 Å². The Morgan fingerprint density at radius 1 is 0.875 bits per heavy atom. The Balaban J connectivity index is 0.00000141. The molecule has 0 amide bonds. The molecule has 0 aromatic heterocycles. The van der Waals surface area contributed by atoms with Crippen LogP contribution in [0.15, 0.2) is 60.0 Å². The zero-order valence-corrected chi connectivity index (χ0v) is 19.8. The summed E-state index contributed by atoms with van der Waals surface area (Å²) in [5.74, 6) is 0.183. The maximum absolute atomic E-state index is 13.8. The summed E-state index contributed by atoms with van der Waals surface area (Å²) in [4.78, 5) is 0. The lowest BCUT2D eigenvalue weighted by atomic mass is 9.74. The summed E-state index contributed by atoms with van der Waals surface area (Å²) in [6, 6.07) is 6.25. The first kappa shape index (κ1) is 24.9. The Morgan fingerprint density at radius 3 is 2.16 bits per heavy atom. The van der Waals surface area contributed by atoms with Gasteiger partial charge in [-0.3, -0.25) is 0 Å². The van der Waals surface area contributed by atoms with Crippen LogP contribution in [0.1, 0.15) is 71.3 Å². The highest BCUT2D eigenvalue weighted by molar-refractivity contribution is 5.40. The van der Waals surface area contributed by atoms with E-state index in [1.165, 1.54) is 62.8 Å². The average molecular weight is 445 g/mol. The van der Waals surface area contributed by atoms with E-state index in [-0.39, 0.29) is 11.6 Å². The summed E-state index contributed by atoms with van der Waals surface area (Å²) in [6.07, 6.45) is 14.8. The van der Waals surface area contributed by atoms with Gasteiger partial charge in [0.2, 0.25) is 5.79 Å². The lowest BCUT2D eigenvalue weighted by molar-refractivity contribution is -0.274. The minimum absolute atomic E-state index is 0.270. The van der Waals surface area contributed by atoms with Crippen LogP contribution in [0.2, 0.25) is 0 Å². The summed E-state index contributed by atoms with van der Waals surface area (Å²) in [7, 11) is 0. The third-order valence-electron chi connectivity index (χ3n) is 6.93. The van der Waals surface area contributed by atoms with Crippen molar-refractivity contribution in [3.63, 3.8) is 0 Å². The molecule has 32 heavy (non-hydrogen) atoms. The molecule has 1 saturated heterocycles. The third-order valence-corrected chi connectivity index (χ3v) is 6.93. The lowest BCUT2D eigenvalue weighted by Gasteiger charge is -2.44. The molecule has 2 aliphatic carbocycles. The molecule has 0 atom stereocenters. The van der Waals surface area contributed by atoms with Crippen LogP contribution < -0.4 is 0 Å². The highest BCUT2D eigenvalue weighted by Crippen LogP contribution is 2.44. The van der Waals surface area contributed by atoms with E-state index in [0.29, 0.717) is 31.5 Å². The van der Waals surface area contributed by atoms with Gasteiger partial charge in [0.15, 0.2) is 0 Å². The van der Waals surface area contributed by atoms with Crippen LogP contribution in [0, 0.1) is 23.6 Å². The maximum atomic E-state index is 13.8. The standard InChI is InChI=1S/C26H32F2O2.C2H6/c1-2-4-19-7-9-20(10-8-19)21-17-29-26(30-18-21,23-12-15-25(28)16-13-23)22-5-3-6-24(27)14-11-22;1-2/h5-6,11-16,19-21H,2-4,7-10,17-18H2,1H3;1-2H3. The van der Waals surface area contributed by atoms with Crippen molar-refractivity contribution in [2.24, 2.45) is 17.8 Å². The van der Waals surface area contributed by atoms with Gasteiger partial charge in [0.05, 0.1) is 13.2 Å². The largest absolute Gasteiger partial charge is 0.342 e. The number of benzene rings is 1. The van der Waals surface area contributed by atoms with Gasteiger partial charge in [0, 0.05) is 17.1 Å². The van der Waals surface area contributed by atoms with Crippen LogP contribution in [-0.4, -0.2) is 13.2 Å². The van der Waals surface area contributed by atoms with Gasteiger partial charge in [0.25, 0.3) is 0 Å². The fourth-order valence-electron chi connectivity index (χ4n) is 5.18. The van der Waals surface area contributed by atoms with E-state index < -0.39 is 5.79 Å². The Hall–Kier alpha value is -1.78. The van der Waals surface area contributed by atoms with Crippen molar-refractivity contribution in [3.8, 4) is 0 Å². The van der Waals surface area contributed by atoms with Crippen LogP contribution in [-0.2, 0) is 15.3 Å². The molecule has 2 nitrogen and oxygen atoms in total. The molecule has 0 unspecified atom stereocenters. The van der Waals surface area contributed by atoms with Crippen LogP contribution in [0.4, 0.5) is 8.78 Å². The Labute approximate surface area is 192 Å². The third kappa shape index (κ3) is 5.77. The van der Waals surface area contributed by atoms with Crippen LogP contribution in [0.3, 0.4) is 0 Å². The predicted molar refractivity (Wildman–Crippen MR) is 126 cm³/mol. The molecule has 0 radical (unpaired) electrons. The molecular weight excluding hydrogens is 406 g/mol. The van der Waals surface area contributed by atoms with Gasteiger partial charge in [-0.15, -0.1) is 0 Å². The van der Waals surface area contributed by atoms with Crippen molar-refractivity contribution < 1.29 is 18.3 Å². The smallest absolute Gasteiger partial charge is 0.222 e. The van der Waals surface area contributed by atoms with Gasteiger partial charge in [0.1, 0.15) is 11.6 Å². The van der Waals surface area contributed by atoms with E-state index in [2.05, 4.69) is 6.92 Å². The SMILES string of the molecule is CC.CCCC1CCC(C2COC(C3=CCC=C(F)C=C3)(c3ccc(F)cc3)OC2)CC1. The Morgan fingerprint density at radius 2 is 1.53 bits per heavy atom. The van der Waals surface area contributed by atoms with Gasteiger partial charge in [-0.25, -0.2) is 8.78 Å². The van der Waals surface area contributed by atoms with Gasteiger partial charge in [-0.2, -0.15) is 0 Å². The van der Waals surface area contributed by atoms with Gasteiger partial charge >= 0.3 is 0 Å². The van der Waals surface area contributed by atoms with Crippen LogP contribution >= 0.6 is 0 Å². The summed E-state index contributed by atoms with van der Waals surface area (Å²) in [6.45, 7) is 7.46. The summed E-state index contributed by atoms with van der Waals surface area (Å²) >= 11 is 0. The minimum Gasteiger partial charge on any atom is -0.342 e. The van der Waals surface area contributed by atoms with E-state index in [1.807, 2.05) is 19.9 Å². The quantitative estimate of drug-likeness (QED) is 0.458. The molecule has 3 aliphatic rings. The number of allylic oxidation sites excluding steroid dienone is 4. The highest BCUT2D eigenvalue weighted by Gasteiger charge is 2.44. The van der Waals surface area contributed by atoms with Crippen LogP contribution in [0.5, 0.6) is 0 Å². The number of hydrogen-bond donors (Lipinski definition) is 0. The molecule has 4 heteroatoms. The van der Waals surface area contributed by atoms with Crippen LogP contribution in [0.25, 0.3) is 0 Å². The maximum Gasteiger partial charge on any atom is 0.222 e. The molecule has 1 saturated carbocycles. The number of rotatable bonds is 5. The molecular formula is C28H38F2O2. The van der Waals surface area contributed by atoms with E-state index in [0.717, 1.165) is 17.1 Å². The zero-order valence-electron chi connectivity index (χ0n) is 19.8. The van der Waals surface area contributed by atoms with E-state index in [9.17, 15) is 8.78 Å². The molecule has 1 heterocycles. The summed E-state index contributed by atoms with van der Waals surface area (Å²) < 4.78 is 40.2. The highest BCUT2D eigenvalue weighted by atomic mass is 19.1. The van der Waals surface area contributed by atoms with Crippen molar-refractivity contribution in [3.05, 3.63) is 71.4 Å². The first-order chi connectivity index (χ1) is 15.6. The zero-order chi connectivity index (χ0) is 23.0. The van der Waals surface area contributed by atoms with E-state index >= 15 is 0 Å². The van der Waals surface area contributed by atoms with Gasteiger partial charge in [-0.1, -0.05) is 70.7 Å². The topological polar surface area (TPSA) is 18.5 Å². The molecule has 4 rings (SSSR count). The van der Waals surface area contributed by atoms with E-state index in [4.69, 9.17) is 9.47 Å². The second-order valence-corrected chi connectivity index (χ2v) is 8.89. The molecule has 176 valence electrons. The fraction of sp³-hybridized carbons (Fsp3) is 0.571. The Kier molecular flexibility index (Phi) is 9.24. The van der Waals surface area contributed by atoms with E-state index in [1.54, 1.807) is 18.2 Å². The molecule has 1 aromatic rings. The van der Waals surface area contributed by atoms with Crippen molar-refractivity contribution in [2.45, 2.75) is 71.5 Å². The van der Waals surface area contributed by atoms with Crippen molar-refractivity contribution >= 4 is 0 Å². The van der Waals surface area contributed by atoms with Crippen molar-refractivity contribution in [2.75, 3.05) is 13.2 Å². The lowest BCUT2D eigenvalue weighted by Crippen LogP contribution is -2.45. The molecule has 2 fully saturated rings. The number of hydrogen-bond acceptors (Lipinski definition) is 2. The molecule has 0 bridgehead atoms. The monoisotopic (exact) mass is 444 g/mol. The number of halogens is 2. The molecule has 1 aromatic carbocycles. The molecule has 0 spiro atoms. The Bertz CT molecular complexity index is 793.